The lowest BCUT2D eigenvalue weighted by Gasteiger charge is -2.10. The standard InChI is InChI=1S/C13H13NO5/c1-3-8-11(19-13(16)17)9-5-4-7(18-2)6-10(9)14-12(8)15/h4-6H,3H2,1-2H3,(H,14,15)(H,16,17). The highest BCUT2D eigenvalue weighted by Crippen LogP contribution is 2.29. The molecule has 1 aromatic heterocycles. The van der Waals surface area contributed by atoms with Crippen molar-refractivity contribution in [3.8, 4) is 11.5 Å². The van der Waals surface area contributed by atoms with Crippen LogP contribution in [0.4, 0.5) is 4.79 Å². The van der Waals surface area contributed by atoms with Crippen LogP contribution in [-0.2, 0) is 6.42 Å². The van der Waals surface area contributed by atoms with E-state index < -0.39 is 6.16 Å². The lowest BCUT2D eigenvalue weighted by Crippen LogP contribution is -2.16. The molecule has 0 fully saturated rings. The Labute approximate surface area is 108 Å². The molecule has 0 spiro atoms. The van der Waals surface area contributed by atoms with E-state index >= 15 is 0 Å². The van der Waals surface area contributed by atoms with Gasteiger partial charge in [0.2, 0.25) is 0 Å². The molecule has 0 aliphatic rings. The number of rotatable bonds is 3. The van der Waals surface area contributed by atoms with Crippen molar-refractivity contribution in [2.75, 3.05) is 7.11 Å². The number of carboxylic acid groups (broad SMARTS) is 1. The Balaban J connectivity index is 2.78. The molecule has 0 amide bonds. The molecule has 0 radical (unpaired) electrons. The molecule has 6 heteroatoms. The highest BCUT2D eigenvalue weighted by Gasteiger charge is 2.15. The van der Waals surface area contributed by atoms with Crippen LogP contribution in [-0.4, -0.2) is 23.4 Å². The predicted molar refractivity (Wildman–Crippen MR) is 69.2 cm³/mol. The number of hydrogen-bond donors (Lipinski definition) is 2. The first-order chi connectivity index (χ1) is 9.06. The number of aromatic nitrogens is 1. The number of carbonyl (C=O) groups is 1. The van der Waals surface area contributed by atoms with Gasteiger partial charge in [0.05, 0.1) is 18.2 Å². The number of aromatic amines is 1. The van der Waals surface area contributed by atoms with Gasteiger partial charge in [-0.15, -0.1) is 0 Å². The second kappa shape index (κ2) is 5.01. The first-order valence-corrected chi connectivity index (χ1v) is 5.70. The normalized spacial score (nSPS) is 10.4. The van der Waals surface area contributed by atoms with Gasteiger partial charge < -0.3 is 19.6 Å². The maximum atomic E-state index is 11.9. The van der Waals surface area contributed by atoms with Crippen LogP contribution in [0.15, 0.2) is 23.0 Å². The number of hydrogen-bond acceptors (Lipinski definition) is 4. The summed E-state index contributed by atoms with van der Waals surface area (Å²) in [6.07, 6.45) is -1.07. The monoisotopic (exact) mass is 263 g/mol. The Morgan fingerprint density at radius 1 is 1.42 bits per heavy atom. The van der Waals surface area contributed by atoms with Crippen molar-refractivity contribution in [3.63, 3.8) is 0 Å². The molecule has 0 bridgehead atoms. The number of H-pyrrole nitrogens is 1. The first kappa shape index (κ1) is 12.9. The minimum absolute atomic E-state index is 0.0800. The maximum absolute atomic E-state index is 11.9. The van der Waals surface area contributed by atoms with Crippen molar-refractivity contribution in [1.29, 1.82) is 0 Å². The van der Waals surface area contributed by atoms with Gasteiger partial charge in [-0.1, -0.05) is 6.92 Å². The molecule has 1 aromatic carbocycles. The molecule has 1 heterocycles. The van der Waals surface area contributed by atoms with Crippen LogP contribution >= 0.6 is 0 Å². The van der Waals surface area contributed by atoms with E-state index in [0.29, 0.717) is 28.6 Å². The fourth-order valence-electron chi connectivity index (χ4n) is 1.94. The van der Waals surface area contributed by atoms with Crippen LogP contribution in [0, 0.1) is 0 Å². The zero-order chi connectivity index (χ0) is 14.0. The van der Waals surface area contributed by atoms with Crippen LogP contribution in [0.5, 0.6) is 11.5 Å². The quantitative estimate of drug-likeness (QED) is 0.828. The third-order valence-electron chi connectivity index (χ3n) is 2.81. The molecule has 0 aliphatic carbocycles. The Morgan fingerprint density at radius 2 is 2.16 bits per heavy atom. The summed E-state index contributed by atoms with van der Waals surface area (Å²) in [6.45, 7) is 1.76. The van der Waals surface area contributed by atoms with Crippen LogP contribution in [0.25, 0.3) is 10.9 Å². The van der Waals surface area contributed by atoms with Gasteiger partial charge in [0.15, 0.2) is 5.75 Å². The first-order valence-electron chi connectivity index (χ1n) is 5.70. The van der Waals surface area contributed by atoms with E-state index in [4.69, 9.17) is 14.6 Å². The van der Waals surface area contributed by atoms with Crippen molar-refractivity contribution >= 4 is 17.1 Å². The minimum Gasteiger partial charge on any atom is -0.497 e. The van der Waals surface area contributed by atoms with Crippen LogP contribution in [0.3, 0.4) is 0 Å². The topological polar surface area (TPSA) is 88.6 Å². The number of ether oxygens (including phenoxy) is 2. The molecule has 2 rings (SSSR count). The largest absolute Gasteiger partial charge is 0.511 e. The van der Waals surface area contributed by atoms with E-state index in [2.05, 4.69) is 4.98 Å². The molecule has 0 saturated heterocycles. The molecule has 19 heavy (non-hydrogen) atoms. The van der Waals surface area contributed by atoms with Gasteiger partial charge in [0, 0.05) is 11.5 Å². The molecule has 2 N–H and O–H groups in total. The second-order valence-electron chi connectivity index (χ2n) is 3.89. The SMILES string of the molecule is CCc1c(OC(=O)O)c2ccc(OC)cc2[nH]c1=O. The Kier molecular flexibility index (Phi) is 3.41. The third-order valence-corrected chi connectivity index (χ3v) is 2.81. The zero-order valence-corrected chi connectivity index (χ0v) is 10.5. The lowest BCUT2D eigenvalue weighted by molar-refractivity contribution is 0.144. The number of methoxy groups -OCH3 is 1. The molecule has 0 aliphatic heterocycles. The molecule has 0 saturated carbocycles. The van der Waals surface area contributed by atoms with Gasteiger partial charge in [-0.05, 0) is 18.6 Å². The molecular weight excluding hydrogens is 250 g/mol. The second-order valence-corrected chi connectivity index (χ2v) is 3.89. The van der Waals surface area contributed by atoms with E-state index in [-0.39, 0.29) is 11.3 Å². The number of pyridine rings is 1. The molecule has 100 valence electrons. The smallest absolute Gasteiger partial charge is 0.497 e. The maximum Gasteiger partial charge on any atom is 0.511 e. The lowest BCUT2D eigenvalue weighted by atomic mass is 10.1. The third kappa shape index (κ3) is 2.37. The minimum atomic E-state index is -1.45. The summed E-state index contributed by atoms with van der Waals surface area (Å²) in [7, 11) is 1.51. The zero-order valence-electron chi connectivity index (χ0n) is 10.5. The Morgan fingerprint density at radius 3 is 2.74 bits per heavy atom. The number of fused-ring (bicyclic) bond motifs is 1. The van der Waals surface area contributed by atoms with Crippen LogP contribution in [0.1, 0.15) is 12.5 Å². The van der Waals surface area contributed by atoms with Crippen molar-refractivity contribution in [3.05, 3.63) is 34.1 Å². The summed E-state index contributed by atoms with van der Waals surface area (Å²) in [5.74, 6) is 0.644. The molecule has 0 unspecified atom stereocenters. The average Bonchev–Trinajstić information content (AvgIpc) is 2.37. The highest BCUT2D eigenvalue weighted by atomic mass is 16.7. The van der Waals surface area contributed by atoms with Crippen molar-refractivity contribution in [2.45, 2.75) is 13.3 Å². The van der Waals surface area contributed by atoms with E-state index in [1.165, 1.54) is 7.11 Å². The van der Waals surface area contributed by atoms with Crippen molar-refractivity contribution in [2.24, 2.45) is 0 Å². The van der Waals surface area contributed by atoms with E-state index in [1.807, 2.05) is 0 Å². The highest BCUT2D eigenvalue weighted by molar-refractivity contribution is 5.88. The van der Waals surface area contributed by atoms with Crippen LogP contribution in [0.2, 0.25) is 0 Å². The van der Waals surface area contributed by atoms with Gasteiger partial charge >= 0.3 is 6.16 Å². The van der Waals surface area contributed by atoms with E-state index in [9.17, 15) is 9.59 Å². The van der Waals surface area contributed by atoms with Gasteiger partial charge in [-0.3, -0.25) is 4.79 Å². The predicted octanol–water partition coefficient (Wildman–Crippen LogP) is 2.16. The summed E-state index contributed by atoms with van der Waals surface area (Å²) in [6, 6.07) is 4.95. The van der Waals surface area contributed by atoms with Gasteiger partial charge in [0.1, 0.15) is 5.75 Å². The fraction of sp³-hybridized carbons (Fsp3) is 0.231. The molecular formula is C13H13NO5. The molecule has 2 aromatic rings. The van der Waals surface area contributed by atoms with Crippen molar-refractivity contribution < 1.29 is 19.4 Å². The summed E-state index contributed by atoms with van der Waals surface area (Å²) in [4.78, 5) is 25.3. The van der Waals surface area contributed by atoms with Crippen LogP contribution < -0.4 is 15.0 Å². The summed E-state index contributed by atoms with van der Waals surface area (Å²) < 4.78 is 9.82. The summed E-state index contributed by atoms with van der Waals surface area (Å²) in [5, 5.41) is 9.31. The number of nitrogens with one attached hydrogen (secondary N) is 1. The summed E-state index contributed by atoms with van der Waals surface area (Å²) in [5.41, 5.74) is 0.414. The van der Waals surface area contributed by atoms with Gasteiger partial charge in [-0.25, -0.2) is 4.79 Å². The molecule has 0 atom stereocenters. The van der Waals surface area contributed by atoms with E-state index in [0.717, 1.165) is 0 Å². The molecule has 6 nitrogen and oxygen atoms in total. The fourth-order valence-corrected chi connectivity index (χ4v) is 1.94. The average molecular weight is 263 g/mol. The van der Waals surface area contributed by atoms with E-state index in [1.54, 1.807) is 25.1 Å². The summed E-state index contributed by atoms with van der Waals surface area (Å²) >= 11 is 0. The van der Waals surface area contributed by atoms with Crippen molar-refractivity contribution in [1.82, 2.24) is 4.98 Å². The Hall–Kier alpha value is -2.50. The number of benzene rings is 1. The Bertz CT molecular complexity index is 689. The van der Waals surface area contributed by atoms with Gasteiger partial charge in [0.25, 0.3) is 5.56 Å². The van der Waals surface area contributed by atoms with Gasteiger partial charge in [-0.2, -0.15) is 0 Å².